The van der Waals surface area contributed by atoms with Crippen LogP contribution >= 0.6 is 0 Å². The van der Waals surface area contributed by atoms with Gasteiger partial charge in [0.15, 0.2) is 0 Å². The van der Waals surface area contributed by atoms with Crippen LogP contribution in [0.25, 0.3) is 11.0 Å². The van der Waals surface area contributed by atoms with E-state index >= 15 is 0 Å². The van der Waals surface area contributed by atoms with Crippen molar-refractivity contribution in [3.05, 3.63) is 30.0 Å². The summed E-state index contributed by atoms with van der Waals surface area (Å²) in [6, 6.07) is 4.69. The molecule has 2 aromatic rings. The third-order valence-corrected chi connectivity index (χ3v) is 4.03. The van der Waals surface area contributed by atoms with Gasteiger partial charge >= 0.3 is 12.1 Å². The predicted octanol–water partition coefficient (Wildman–Crippen LogP) is 2.39. The van der Waals surface area contributed by atoms with Crippen LogP contribution < -0.4 is 4.90 Å². The number of benzene rings is 1. The Hall–Kier alpha value is -2.90. The van der Waals surface area contributed by atoms with Gasteiger partial charge in [-0.3, -0.25) is 4.98 Å². The van der Waals surface area contributed by atoms with E-state index in [2.05, 4.69) is 14.9 Å². The van der Waals surface area contributed by atoms with Crippen LogP contribution in [0.4, 0.5) is 10.6 Å². The molecule has 0 unspecified atom stereocenters. The largest absolute Gasteiger partial charge is 0.478 e. The molecule has 0 saturated carbocycles. The van der Waals surface area contributed by atoms with Crippen molar-refractivity contribution in [1.82, 2.24) is 14.9 Å². The molecule has 0 radical (unpaired) electrons. The summed E-state index contributed by atoms with van der Waals surface area (Å²) in [7, 11) is 0. The number of fused-ring (bicyclic) bond motifs is 1. The highest BCUT2D eigenvalue weighted by atomic mass is 16.6. The van der Waals surface area contributed by atoms with Gasteiger partial charge in [0.05, 0.1) is 22.8 Å². The van der Waals surface area contributed by atoms with Gasteiger partial charge in [0.2, 0.25) is 0 Å². The molecule has 3 rings (SSSR count). The van der Waals surface area contributed by atoms with Gasteiger partial charge in [-0.2, -0.15) is 0 Å². The van der Waals surface area contributed by atoms with Crippen molar-refractivity contribution in [2.24, 2.45) is 0 Å². The summed E-state index contributed by atoms with van der Waals surface area (Å²) >= 11 is 0. The first-order valence-electron chi connectivity index (χ1n) is 8.46. The molecule has 1 aromatic carbocycles. The number of carboxylic acids is 1. The third kappa shape index (κ3) is 4.01. The second-order valence-electron chi connectivity index (χ2n) is 7.19. The SMILES string of the molecule is CC(C)(C)OC(=O)N1CCN(c2cnc3cc(C(=O)O)ccc3n2)CC1. The molecule has 1 amide bonds. The van der Waals surface area contributed by atoms with Gasteiger partial charge in [-0.05, 0) is 39.0 Å². The summed E-state index contributed by atoms with van der Waals surface area (Å²) in [6.07, 6.45) is 1.33. The molecule has 1 aromatic heterocycles. The van der Waals surface area contributed by atoms with E-state index in [1.54, 1.807) is 17.2 Å². The van der Waals surface area contributed by atoms with Crippen molar-refractivity contribution < 1.29 is 19.4 Å². The first-order valence-corrected chi connectivity index (χ1v) is 8.46. The monoisotopic (exact) mass is 358 g/mol. The van der Waals surface area contributed by atoms with Crippen LogP contribution in [0.15, 0.2) is 24.4 Å². The van der Waals surface area contributed by atoms with E-state index in [1.807, 2.05) is 20.8 Å². The fourth-order valence-electron chi connectivity index (χ4n) is 2.73. The van der Waals surface area contributed by atoms with E-state index in [0.29, 0.717) is 43.0 Å². The van der Waals surface area contributed by atoms with Crippen LogP contribution in [0.2, 0.25) is 0 Å². The molecule has 0 spiro atoms. The van der Waals surface area contributed by atoms with Crippen molar-refractivity contribution in [3.8, 4) is 0 Å². The van der Waals surface area contributed by atoms with E-state index in [-0.39, 0.29) is 11.7 Å². The van der Waals surface area contributed by atoms with Gasteiger partial charge in [-0.1, -0.05) is 0 Å². The Morgan fingerprint density at radius 3 is 2.42 bits per heavy atom. The summed E-state index contributed by atoms with van der Waals surface area (Å²) < 4.78 is 5.40. The summed E-state index contributed by atoms with van der Waals surface area (Å²) in [5.74, 6) is -0.277. The summed E-state index contributed by atoms with van der Waals surface area (Å²) in [5, 5.41) is 9.04. The molecular weight excluding hydrogens is 336 g/mol. The van der Waals surface area contributed by atoms with Gasteiger partial charge in [0.25, 0.3) is 0 Å². The van der Waals surface area contributed by atoms with Gasteiger partial charge in [0.1, 0.15) is 11.4 Å². The Bertz CT molecular complexity index is 839. The Morgan fingerprint density at radius 2 is 1.81 bits per heavy atom. The molecule has 0 atom stereocenters. The van der Waals surface area contributed by atoms with Gasteiger partial charge in [-0.15, -0.1) is 0 Å². The first kappa shape index (κ1) is 17.9. The molecule has 1 saturated heterocycles. The minimum Gasteiger partial charge on any atom is -0.478 e. The average Bonchev–Trinajstić information content (AvgIpc) is 2.59. The molecule has 1 N–H and O–H groups in total. The quantitative estimate of drug-likeness (QED) is 0.880. The fraction of sp³-hybridized carbons (Fsp3) is 0.444. The smallest absolute Gasteiger partial charge is 0.410 e. The van der Waals surface area contributed by atoms with Crippen LogP contribution in [-0.2, 0) is 4.74 Å². The number of aromatic carboxylic acids is 1. The molecule has 0 bridgehead atoms. The van der Waals surface area contributed by atoms with Crippen molar-refractivity contribution in [1.29, 1.82) is 0 Å². The number of carbonyl (C=O) groups excluding carboxylic acids is 1. The Balaban J connectivity index is 1.68. The topological polar surface area (TPSA) is 95.9 Å². The van der Waals surface area contributed by atoms with E-state index < -0.39 is 11.6 Å². The Kier molecular flexibility index (Phi) is 4.67. The first-order chi connectivity index (χ1) is 12.2. The van der Waals surface area contributed by atoms with Gasteiger partial charge < -0.3 is 19.6 Å². The standard InChI is InChI=1S/C18H22N4O4/c1-18(2,3)26-17(25)22-8-6-21(7-9-22)15-11-19-14-10-12(16(23)24)4-5-13(14)20-15/h4-5,10-11H,6-9H2,1-3H3,(H,23,24). The summed E-state index contributed by atoms with van der Waals surface area (Å²) in [6.45, 7) is 7.91. The summed E-state index contributed by atoms with van der Waals surface area (Å²) in [4.78, 5) is 35.8. The van der Waals surface area contributed by atoms with Crippen LogP contribution in [0.1, 0.15) is 31.1 Å². The zero-order valence-electron chi connectivity index (χ0n) is 15.1. The van der Waals surface area contributed by atoms with Crippen LogP contribution in [0, 0.1) is 0 Å². The number of ether oxygens (including phenoxy) is 1. The average molecular weight is 358 g/mol. The minimum atomic E-state index is -0.990. The number of rotatable bonds is 2. The lowest BCUT2D eigenvalue weighted by molar-refractivity contribution is 0.0240. The maximum absolute atomic E-state index is 12.1. The molecule has 138 valence electrons. The zero-order chi connectivity index (χ0) is 18.9. The Labute approximate surface area is 151 Å². The van der Waals surface area contributed by atoms with Crippen molar-refractivity contribution >= 4 is 28.9 Å². The van der Waals surface area contributed by atoms with Crippen LogP contribution in [0.5, 0.6) is 0 Å². The number of anilines is 1. The van der Waals surface area contributed by atoms with Crippen LogP contribution in [0.3, 0.4) is 0 Å². The highest BCUT2D eigenvalue weighted by molar-refractivity contribution is 5.92. The molecule has 1 aliphatic heterocycles. The van der Waals surface area contributed by atoms with E-state index in [4.69, 9.17) is 9.84 Å². The predicted molar refractivity (Wildman–Crippen MR) is 96.5 cm³/mol. The molecule has 1 aliphatic rings. The lowest BCUT2D eigenvalue weighted by atomic mass is 10.2. The normalized spacial score (nSPS) is 15.2. The second kappa shape index (κ2) is 6.78. The molecule has 8 nitrogen and oxygen atoms in total. The highest BCUT2D eigenvalue weighted by Gasteiger charge is 2.26. The molecule has 2 heterocycles. The number of hydrogen-bond acceptors (Lipinski definition) is 6. The second-order valence-corrected chi connectivity index (χ2v) is 7.19. The molecule has 26 heavy (non-hydrogen) atoms. The summed E-state index contributed by atoms with van der Waals surface area (Å²) in [5.41, 5.74) is 0.862. The minimum absolute atomic E-state index is 0.186. The zero-order valence-corrected chi connectivity index (χ0v) is 15.1. The third-order valence-electron chi connectivity index (χ3n) is 4.03. The highest BCUT2D eigenvalue weighted by Crippen LogP contribution is 2.19. The number of carboxylic acid groups (broad SMARTS) is 1. The lowest BCUT2D eigenvalue weighted by Gasteiger charge is -2.36. The maximum atomic E-state index is 12.1. The molecular formula is C18H22N4O4. The number of hydrogen-bond donors (Lipinski definition) is 1. The number of carbonyl (C=O) groups is 2. The van der Waals surface area contributed by atoms with Crippen molar-refractivity contribution in [3.63, 3.8) is 0 Å². The number of piperazine rings is 1. The number of nitrogens with zero attached hydrogens (tertiary/aromatic N) is 4. The van der Waals surface area contributed by atoms with Crippen molar-refractivity contribution in [2.45, 2.75) is 26.4 Å². The number of amides is 1. The van der Waals surface area contributed by atoms with Crippen LogP contribution in [-0.4, -0.2) is 63.8 Å². The van der Waals surface area contributed by atoms with Gasteiger partial charge in [-0.25, -0.2) is 14.6 Å². The Morgan fingerprint density at radius 1 is 1.12 bits per heavy atom. The maximum Gasteiger partial charge on any atom is 0.410 e. The molecule has 1 fully saturated rings. The van der Waals surface area contributed by atoms with E-state index in [9.17, 15) is 9.59 Å². The van der Waals surface area contributed by atoms with E-state index in [0.717, 1.165) is 0 Å². The molecule has 8 heteroatoms. The fourth-order valence-corrected chi connectivity index (χ4v) is 2.73. The number of aromatic nitrogens is 2. The van der Waals surface area contributed by atoms with Gasteiger partial charge in [0, 0.05) is 26.2 Å². The lowest BCUT2D eigenvalue weighted by Crippen LogP contribution is -2.50. The van der Waals surface area contributed by atoms with Crippen molar-refractivity contribution in [2.75, 3.05) is 31.1 Å². The van der Waals surface area contributed by atoms with E-state index in [1.165, 1.54) is 12.1 Å². The molecule has 0 aliphatic carbocycles.